The fourth-order valence-electron chi connectivity index (χ4n) is 11.4. The molecule has 6 heteroatoms. The van der Waals surface area contributed by atoms with Crippen molar-refractivity contribution in [1.29, 1.82) is 0 Å². The molecule has 0 amide bonds. The van der Waals surface area contributed by atoms with E-state index in [4.69, 9.17) is 14.2 Å². The summed E-state index contributed by atoms with van der Waals surface area (Å²) in [6.07, 6.45) is 86.4. The van der Waals surface area contributed by atoms with Crippen LogP contribution in [0.25, 0.3) is 0 Å². The van der Waals surface area contributed by atoms with Crippen LogP contribution in [0.3, 0.4) is 0 Å². The largest absolute Gasteiger partial charge is 0.462 e. The molecule has 0 aliphatic rings. The SMILES string of the molecule is CCCCCCC/C=C\C/C=C\CCCCCCCCCCCC(=O)OC(COC(=O)CCCCCCCCCCCCCCCCCCCCCC)COC(=O)CCCCCCCCCCCCCCCCCCCCCCCC. The summed E-state index contributed by atoms with van der Waals surface area (Å²) in [6, 6.07) is 0. The van der Waals surface area contributed by atoms with Gasteiger partial charge in [-0.3, -0.25) is 14.4 Å². The Kier molecular flexibility index (Phi) is 68.5. The lowest BCUT2D eigenvalue weighted by molar-refractivity contribution is -0.167. The molecule has 0 fully saturated rings. The number of esters is 3. The van der Waals surface area contributed by atoms with Gasteiger partial charge in [0.05, 0.1) is 0 Å². The number of carbonyl (C=O) groups excluding carboxylic acids is 3. The standard InChI is InChI=1S/C75H142O6/c1-4-7-10-13-16-19-22-25-28-31-34-37-39-41-44-47-50-53-56-59-62-65-68-74(77)80-71-72(70-79-73(76)67-64-61-58-55-52-49-46-43-40-36-33-30-27-24-21-18-15-12-9-6-3)81-75(78)69-66-63-60-57-54-51-48-45-42-38-35-32-29-26-23-20-17-14-11-8-5-2/h23,26,32,35,72H,4-22,24-25,27-31,33-34,36-71H2,1-3H3/b26-23-,35-32-. The molecule has 0 spiro atoms. The number of rotatable bonds is 69. The lowest BCUT2D eigenvalue weighted by atomic mass is 10.0. The molecule has 81 heavy (non-hydrogen) atoms. The molecule has 1 unspecified atom stereocenters. The summed E-state index contributed by atoms with van der Waals surface area (Å²) in [5, 5.41) is 0. The van der Waals surface area contributed by atoms with E-state index in [0.29, 0.717) is 19.3 Å². The van der Waals surface area contributed by atoms with Gasteiger partial charge in [0.1, 0.15) is 13.2 Å². The highest BCUT2D eigenvalue weighted by atomic mass is 16.6. The van der Waals surface area contributed by atoms with Gasteiger partial charge in [0.15, 0.2) is 6.10 Å². The van der Waals surface area contributed by atoms with Crippen molar-refractivity contribution in [1.82, 2.24) is 0 Å². The third-order valence-corrected chi connectivity index (χ3v) is 17.0. The lowest BCUT2D eigenvalue weighted by Crippen LogP contribution is -2.30. The number of allylic oxidation sites excluding steroid dienone is 4. The fraction of sp³-hybridized carbons (Fsp3) is 0.907. The van der Waals surface area contributed by atoms with Crippen LogP contribution in [0.5, 0.6) is 0 Å². The molecule has 0 heterocycles. The van der Waals surface area contributed by atoms with E-state index in [2.05, 4.69) is 45.1 Å². The molecule has 0 rings (SSSR count). The summed E-state index contributed by atoms with van der Waals surface area (Å²) in [6.45, 7) is 6.73. The van der Waals surface area contributed by atoms with E-state index in [1.165, 1.54) is 315 Å². The van der Waals surface area contributed by atoms with E-state index in [1.807, 2.05) is 0 Å². The van der Waals surface area contributed by atoms with E-state index in [9.17, 15) is 14.4 Å². The van der Waals surface area contributed by atoms with Gasteiger partial charge in [0.25, 0.3) is 0 Å². The van der Waals surface area contributed by atoms with Crippen molar-refractivity contribution < 1.29 is 28.6 Å². The Hall–Kier alpha value is -2.11. The molecule has 0 saturated carbocycles. The molecule has 1 atom stereocenters. The highest BCUT2D eigenvalue weighted by molar-refractivity contribution is 5.71. The van der Waals surface area contributed by atoms with Gasteiger partial charge in [-0.1, -0.05) is 373 Å². The zero-order valence-corrected chi connectivity index (χ0v) is 55.1. The van der Waals surface area contributed by atoms with Gasteiger partial charge in [0, 0.05) is 19.3 Å². The second-order valence-corrected chi connectivity index (χ2v) is 25.2. The monoisotopic (exact) mass is 1140 g/mol. The molecule has 478 valence electrons. The summed E-state index contributed by atoms with van der Waals surface area (Å²) >= 11 is 0. The molecule has 0 aromatic carbocycles. The molecule has 0 aliphatic carbocycles. The highest BCUT2D eigenvalue weighted by Crippen LogP contribution is 2.19. The Morgan fingerprint density at radius 1 is 0.247 bits per heavy atom. The molecule has 0 N–H and O–H groups in total. The Balaban J connectivity index is 4.30. The van der Waals surface area contributed by atoms with Gasteiger partial charge in [-0.05, 0) is 51.4 Å². The maximum Gasteiger partial charge on any atom is 0.306 e. The zero-order chi connectivity index (χ0) is 58.5. The van der Waals surface area contributed by atoms with Crippen molar-refractivity contribution in [2.45, 2.75) is 425 Å². The number of hydrogen-bond donors (Lipinski definition) is 0. The molecule has 0 aromatic rings. The first kappa shape index (κ1) is 78.9. The maximum atomic E-state index is 13.0. The van der Waals surface area contributed by atoms with Crippen LogP contribution in [0.2, 0.25) is 0 Å². The first-order valence-corrected chi connectivity index (χ1v) is 36.8. The van der Waals surface area contributed by atoms with Gasteiger partial charge in [-0.2, -0.15) is 0 Å². The summed E-state index contributed by atoms with van der Waals surface area (Å²) < 4.78 is 17.0. The van der Waals surface area contributed by atoms with Crippen LogP contribution >= 0.6 is 0 Å². The fourth-order valence-corrected chi connectivity index (χ4v) is 11.4. The van der Waals surface area contributed by atoms with E-state index < -0.39 is 6.10 Å². The van der Waals surface area contributed by atoms with Crippen LogP contribution < -0.4 is 0 Å². The Morgan fingerprint density at radius 2 is 0.444 bits per heavy atom. The minimum atomic E-state index is -0.771. The van der Waals surface area contributed by atoms with Crippen molar-refractivity contribution in [2.24, 2.45) is 0 Å². The van der Waals surface area contributed by atoms with Crippen molar-refractivity contribution in [3.8, 4) is 0 Å². The molecule has 0 aromatic heterocycles. The third-order valence-electron chi connectivity index (χ3n) is 17.0. The molecule has 6 nitrogen and oxygen atoms in total. The van der Waals surface area contributed by atoms with Gasteiger partial charge < -0.3 is 14.2 Å². The summed E-state index contributed by atoms with van der Waals surface area (Å²) in [7, 11) is 0. The first-order valence-electron chi connectivity index (χ1n) is 36.8. The summed E-state index contributed by atoms with van der Waals surface area (Å²) in [5.74, 6) is -0.833. The number of ether oxygens (including phenoxy) is 3. The normalized spacial score (nSPS) is 12.1. The van der Waals surface area contributed by atoms with Gasteiger partial charge in [-0.15, -0.1) is 0 Å². The van der Waals surface area contributed by atoms with E-state index >= 15 is 0 Å². The maximum absolute atomic E-state index is 13.0. The van der Waals surface area contributed by atoms with Crippen molar-refractivity contribution in [2.75, 3.05) is 13.2 Å². The highest BCUT2D eigenvalue weighted by Gasteiger charge is 2.20. The smallest absolute Gasteiger partial charge is 0.306 e. The predicted molar refractivity (Wildman–Crippen MR) is 353 cm³/mol. The molecule has 0 radical (unpaired) electrons. The Labute approximate surface area is 506 Å². The van der Waals surface area contributed by atoms with Crippen LogP contribution in [-0.4, -0.2) is 37.2 Å². The number of carbonyl (C=O) groups is 3. The third kappa shape index (κ3) is 68.6. The minimum Gasteiger partial charge on any atom is -0.462 e. The molecule has 0 saturated heterocycles. The predicted octanol–water partition coefficient (Wildman–Crippen LogP) is 25.3. The van der Waals surface area contributed by atoms with E-state index in [1.54, 1.807) is 0 Å². The molecule has 0 bridgehead atoms. The summed E-state index contributed by atoms with van der Waals surface area (Å²) in [5.41, 5.74) is 0. The second kappa shape index (κ2) is 70.4. The van der Waals surface area contributed by atoms with E-state index in [-0.39, 0.29) is 31.1 Å². The van der Waals surface area contributed by atoms with Crippen LogP contribution in [0.1, 0.15) is 419 Å². The molecular formula is C75H142O6. The Bertz CT molecular complexity index is 1310. The topological polar surface area (TPSA) is 78.9 Å². The van der Waals surface area contributed by atoms with Gasteiger partial charge in [0.2, 0.25) is 0 Å². The lowest BCUT2D eigenvalue weighted by Gasteiger charge is -2.18. The van der Waals surface area contributed by atoms with Gasteiger partial charge >= 0.3 is 17.9 Å². The van der Waals surface area contributed by atoms with Crippen LogP contribution in [0, 0.1) is 0 Å². The first-order chi connectivity index (χ1) is 40.0. The molecule has 0 aliphatic heterocycles. The Morgan fingerprint density at radius 3 is 0.679 bits per heavy atom. The van der Waals surface area contributed by atoms with Crippen molar-refractivity contribution in [3.05, 3.63) is 24.3 Å². The number of unbranched alkanes of at least 4 members (excludes halogenated alkanes) is 54. The quantitative estimate of drug-likeness (QED) is 0.0261. The van der Waals surface area contributed by atoms with Crippen LogP contribution in [0.4, 0.5) is 0 Å². The minimum absolute atomic E-state index is 0.0661. The second-order valence-electron chi connectivity index (χ2n) is 25.2. The summed E-state index contributed by atoms with van der Waals surface area (Å²) in [4.78, 5) is 38.5. The number of hydrogen-bond acceptors (Lipinski definition) is 6. The van der Waals surface area contributed by atoms with Crippen molar-refractivity contribution >= 4 is 17.9 Å². The van der Waals surface area contributed by atoms with Crippen molar-refractivity contribution in [3.63, 3.8) is 0 Å². The van der Waals surface area contributed by atoms with Crippen LogP contribution in [-0.2, 0) is 28.6 Å². The zero-order valence-electron chi connectivity index (χ0n) is 55.1. The van der Waals surface area contributed by atoms with Gasteiger partial charge in [-0.25, -0.2) is 0 Å². The average Bonchev–Trinajstić information content (AvgIpc) is 3.47. The van der Waals surface area contributed by atoms with E-state index in [0.717, 1.165) is 64.2 Å². The van der Waals surface area contributed by atoms with Crippen LogP contribution in [0.15, 0.2) is 24.3 Å². The average molecular weight is 1140 g/mol. The molecular weight excluding hydrogens is 997 g/mol.